The van der Waals surface area contributed by atoms with Crippen molar-refractivity contribution in [1.82, 2.24) is 0 Å². The van der Waals surface area contributed by atoms with Crippen molar-refractivity contribution in [2.45, 2.75) is 19.1 Å². The Morgan fingerprint density at radius 1 is 1.00 bits per heavy atom. The molecular weight excluding hydrogens is 288 g/mol. The van der Waals surface area contributed by atoms with E-state index in [-0.39, 0.29) is 5.56 Å². The highest BCUT2D eigenvalue weighted by molar-refractivity contribution is 5.70. The fourth-order valence-corrected chi connectivity index (χ4v) is 2.05. The zero-order valence-corrected chi connectivity index (χ0v) is 10.8. The van der Waals surface area contributed by atoms with Crippen LogP contribution in [0, 0.1) is 0 Å². The molecule has 1 unspecified atom stereocenters. The molecule has 0 aromatic heterocycles. The molecule has 0 spiro atoms. The molecule has 0 saturated heterocycles. The van der Waals surface area contributed by atoms with Gasteiger partial charge in [-0.1, -0.05) is 42.5 Å². The van der Waals surface area contributed by atoms with Crippen LogP contribution in [0.5, 0.6) is 5.75 Å². The molecule has 0 radical (unpaired) electrons. The monoisotopic (exact) mass is 300 g/mol. The first-order valence-corrected chi connectivity index (χ1v) is 6.12. The minimum absolute atomic E-state index is 0.0315. The largest absolute Gasteiger partial charge is 0.573 e. The molecule has 6 heteroatoms. The van der Waals surface area contributed by atoms with Gasteiger partial charge in [0.1, 0.15) is 5.75 Å². The Bertz CT molecular complexity index is 594. The van der Waals surface area contributed by atoms with E-state index in [0.717, 1.165) is 6.07 Å². The first-order valence-electron chi connectivity index (χ1n) is 6.12. The molecule has 2 aromatic carbocycles. The fourth-order valence-electron chi connectivity index (χ4n) is 2.05. The predicted octanol–water partition coefficient (Wildman–Crippen LogP) is 4.08. The summed E-state index contributed by atoms with van der Waals surface area (Å²) in [4.78, 5) is 0. The third kappa shape index (κ3) is 4.19. The van der Waals surface area contributed by atoms with Crippen LogP contribution in [0.4, 0.5) is 17.6 Å². The third-order valence-electron chi connectivity index (χ3n) is 2.82. The van der Waals surface area contributed by atoms with Gasteiger partial charge in [0.15, 0.2) is 0 Å². The summed E-state index contributed by atoms with van der Waals surface area (Å²) in [5.74, 6) is -0.513. The smallest absolute Gasteiger partial charge is 0.405 e. The van der Waals surface area contributed by atoms with Crippen LogP contribution in [0.2, 0.25) is 0 Å². The highest BCUT2D eigenvalue weighted by Crippen LogP contribution is 2.34. The molecule has 1 N–H and O–H groups in total. The van der Waals surface area contributed by atoms with Gasteiger partial charge in [-0.3, -0.25) is 0 Å². The van der Waals surface area contributed by atoms with Gasteiger partial charge in [0.2, 0.25) is 6.36 Å². The molecule has 0 aliphatic heterocycles. The molecular formula is C15H12F4O2. The first-order chi connectivity index (χ1) is 9.87. The Balaban J connectivity index is 2.52. The number of benzene rings is 2. The normalized spacial score (nSPS) is 13.0. The molecule has 2 aromatic rings. The molecule has 0 heterocycles. The van der Waals surface area contributed by atoms with Crippen LogP contribution in [0.1, 0.15) is 5.56 Å². The zero-order chi connectivity index (χ0) is 15.5. The Labute approximate surface area is 118 Å². The second-order valence-electron chi connectivity index (χ2n) is 4.33. The summed E-state index contributed by atoms with van der Waals surface area (Å²) in [6.45, 7) is 0. The molecule has 0 bridgehead atoms. The second kappa shape index (κ2) is 6.13. The Morgan fingerprint density at radius 3 is 2.24 bits per heavy atom. The highest BCUT2D eigenvalue weighted by atomic mass is 19.4. The van der Waals surface area contributed by atoms with E-state index in [4.69, 9.17) is 5.11 Å². The van der Waals surface area contributed by atoms with E-state index in [2.05, 4.69) is 4.74 Å². The molecule has 0 saturated carbocycles. The second-order valence-corrected chi connectivity index (χ2v) is 4.33. The number of halogens is 4. The van der Waals surface area contributed by atoms with Crippen molar-refractivity contribution in [2.24, 2.45) is 0 Å². The topological polar surface area (TPSA) is 29.5 Å². The quantitative estimate of drug-likeness (QED) is 0.862. The number of hydrogen-bond acceptors (Lipinski definition) is 2. The van der Waals surface area contributed by atoms with Crippen LogP contribution in [-0.4, -0.2) is 17.8 Å². The van der Waals surface area contributed by atoms with Crippen LogP contribution < -0.4 is 4.74 Å². The number of aliphatic hydroxyl groups excluding tert-OH is 1. The van der Waals surface area contributed by atoms with Crippen molar-refractivity contribution in [1.29, 1.82) is 0 Å². The lowest BCUT2D eigenvalue weighted by atomic mass is 9.97. The van der Waals surface area contributed by atoms with Gasteiger partial charge in [0, 0.05) is 12.0 Å². The van der Waals surface area contributed by atoms with E-state index >= 15 is 0 Å². The summed E-state index contributed by atoms with van der Waals surface area (Å²) < 4.78 is 54.1. The van der Waals surface area contributed by atoms with Gasteiger partial charge in [0.25, 0.3) is 0 Å². The number of hydrogen-bond donors (Lipinski definition) is 1. The predicted molar refractivity (Wildman–Crippen MR) is 69.4 cm³/mol. The minimum atomic E-state index is -4.88. The van der Waals surface area contributed by atoms with Gasteiger partial charge in [-0.25, -0.2) is 4.39 Å². The van der Waals surface area contributed by atoms with Crippen molar-refractivity contribution in [2.75, 3.05) is 0 Å². The van der Waals surface area contributed by atoms with Gasteiger partial charge in [-0.2, -0.15) is 0 Å². The average molecular weight is 300 g/mol. The van der Waals surface area contributed by atoms with Crippen LogP contribution in [0.25, 0.3) is 11.1 Å². The summed E-state index contributed by atoms with van der Waals surface area (Å²) >= 11 is 0. The standard InChI is InChI=1S/C15H12F4O2/c16-14(20)9-12-11(10-5-2-1-3-6-10)7-4-8-13(12)21-15(17,18)19/h1-8,14,20H,9H2. The average Bonchev–Trinajstić information content (AvgIpc) is 2.39. The summed E-state index contributed by atoms with van der Waals surface area (Å²) in [6.07, 6.45) is -7.74. The maximum Gasteiger partial charge on any atom is 0.573 e. The highest BCUT2D eigenvalue weighted by Gasteiger charge is 2.32. The van der Waals surface area contributed by atoms with Gasteiger partial charge >= 0.3 is 6.36 Å². The van der Waals surface area contributed by atoms with Crippen LogP contribution in [0.15, 0.2) is 48.5 Å². The van der Waals surface area contributed by atoms with E-state index in [0.29, 0.717) is 11.1 Å². The summed E-state index contributed by atoms with van der Waals surface area (Å²) in [6, 6.07) is 12.6. The number of rotatable bonds is 4. The SMILES string of the molecule is OC(F)Cc1c(OC(F)(F)F)cccc1-c1ccccc1. The van der Waals surface area contributed by atoms with E-state index in [1.807, 2.05) is 0 Å². The zero-order valence-electron chi connectivity index (χ0n) is 10.8. The van der Waals surface area contributed by atoms with Crippen molar-refractivity contribution in [3.05, 3.63) is 54.1 Å². The van der Waals surface area contributed by atoms with Crippen LogP contribution in [0.3, 0.4) is 0 Å². The fraction of sp³-hybridized carbons (Fsp3) is 0.200. The first kappa shape index (κ1) is 15.3. The Kier molecular flexibility index (Phi) is 4.47. The Morgan fingerprint density at radius 2 is 1.67 bits per heavy atom. The lowest BCUT2D eigenvalue weighted by molar-refractivity contribution is -0.275. The molecule has 112 valence electrons. The van der Waals surface area contributed by atoms with Crippen molar-refractivity contribution in [3.63, 3.8) is 0 Å². The summed E-state index contributed by atoms with van der Waals surface area (Å²) in [5.41, 5.74) is 0.964. The van der Waals surface area contributed by atoms with E-state index in [9.17, 15) is 17.6 Å². The van der Waals surface area contributed by atoms with Crippen LogP contribution >= 0.6 is 0 Å². The molecule has 0 fully saturated rings. The summed E-state index contributed by atoms with van der Waals surface area (Å²) in [7, 11) is 0. The molecule has 2 rings (SSSR count). The van der Waals surface area contributed by atoms with Gasteiger partial charge in [0.05, 0.1) is 0 Å². The Hall–Kier alpha value is -2.08. The maximum absolute atomic E-state index is 12.9. The van der Waals surface area contributed by atoms with Crippen LogP contribution in [-0.2, 0) is 6.42 Å². The molecule has 0 amide bonds. The minimum Gasteiger partial charge on any atom is -0.405 e. The van der Waals surface area contributed by atoms with E-state index in [1.165, 1.54) is 6.07 Å². The van der Waals surface area contributed by atoms with Gasteiger partial charge in [-0.05, 0) is 17.2 Å². The molecule has 0 aliphatic rings. The van der Waals surface area contributed by atoms with Gasteiger partial charge in [-0.15, -0.1) is 13.2 Å². The molecule has 0 aliphatic carbocycles. The van der Waals surface area contributed by atoms with Crippen molar-refractivity contribution < 1.29 is 27.4 Å². The lowest BCUT2D eigenvalue weighted by Crippen LogP contribution is -2.19. The van der Waals surface area contributed by atoms with Crippen molar-refractivity contribution >= 4 is 0 Å². The maximum atomic E-state index is 12.9. The molecule has 2 nitrogen and oxygen atoms in total. The molecule has 21 heavy (non-hydrogen) atoms. The van der Waals surface area contributed by atoms with Gasteiger partial charge < -0.3 is 9.84 Å². The number of ether oxygens (including phenoxy) is 1. The number of alkyl halides is 4. The number of aliphatic hydroxyl groups is 1. The molecule has 1 atom stereocenters. The van der Waals surface area contributed by atoms with E-state index in [1.54, 1.807) is 36.4 Å². The summed E-state index contributed by atoms with van der Waals surface area (Å²) in [5, 5.41) is 8.90. The van der Waals surface area contributed by atoms with E-state index < -0.39 is 24.9 Å². The third-order valence-corrected chi connectivity index (χ3v) is 2.82. The lowest BCUT2D eigenvalue weighted by Gasteiger charge is -2.17. The van der Waals surface area contributed by atoms with Crippen molar-refractivity contribution in [3.8, 4) is 16.9 Å².